The van der Waals surface area contributed by atoms with Crippen LogP contribution in [0.3, 0.4) is 0 Å². The Morgan fingerprint density at radius 1 is 1.03 bits per heavy atom. The van der Waals surface area contributed by atoms with Gasteiger partial charge < -0.3 is 19.6 Å². The summed E-state index contributed by atoms with van der Waals surface area (Å²) in [4.78, 5) is 28.4. The van der Waals surface area contributed by atoms with Crippen LogP contribution in [0, 0.1) is 0 Å². The highest BCUT2D eigenvalue weighted by Crippen LogP contribution is 2.38. The number of piperazine rings is 1. The molecular weight excluding hydrogens is 450 g/mol. The molecule has 1 aliphatic heterocycles. The highest BCUT2D eigenvalue weighted by molar-refractivity contribution is 9.10. The van der Waals surface area contributed by atoms with Gasteiger partial charge in [0, 0.05) is 47.1 Å². The molecule has 1 amide bonds. The summed E-state index contributed by atoms with van der Waals surface area (Å²) in [5.74, 6) is 0. The van der Waals surface area contributed by atoms with E-state index in [-0.39, 0.29) is 11.5 Å². The van der Waals surface area contributed by atoms with Crippen molar-refractivity contribution in [1.82, 2.24) is 9.47 Å². The third kappa shape index (κ3) is 4.43. The van der Waals surface area contributed by atoms with Crippen molar-refractivity contribution in [1.29, 1.82) is 0 Å². The number of fused-ring (bicyclic) bond motifs is 1. The van der Waals surface area contributed by atoms with Gasteiger partial charge in [-0.1, -0.05) is 36.7 Å². The average Bonchev–Trinajstić information content (AvgIpc) is 3.03. The second-order valence-corrected chi connectivity index (χ2v) is 10.5. The first-order valence-corrected chi connectivity index (χ1v) is 10.9. The van der Waals surface area contributed by atoms with Crippen LogP contribution in [0.1, 0.15) is 47.2 Å². The van der Waals surface area contributed by atoms with E-state index in [9.17, 15) is 14.7 Å². The van der Waals surface area contributed by atoms with Crippen molar-refractivity contribution in [3.05, 3.63) is 28.4 Å². The predicted octanol–water partition coefficient (Wildman–Crippen LogP) is 5.28. The van der Waals surface area contributed by atoms with Gasteiger partial charge in [0.25, 0.3) is 0 Å². The van der Waals surface area contributed by atoms with Gasteiger partial charge in [-0.25, -0.2) is 14.2 Å². The maximum absolute atomic E-state index is 12.4. The summed E-state index contributed by atoms with van der Waals surface area (Å²) in [5.41, 5.74) is 1.41. The number of aromatic nitrogens is 1. The summed E-state index contributed by atoms with van der Waals surface area (Å²) in [6, 6.07) is 5.85. The normalized spacial score (nSPS) is 15.6. The molecule has 7 nitrogen and oxygen atoms in total. The maximum Gasteiger partial charge on any atom is 0.416 e. The van der Waals surface area contributed by atoms with Crippen molar-refractivity contribution in [3.8, 4) is 0 Å². The molecule has 2 heterocycles. The number of ether oxygens (including phenoxy) is 1. The number of carbonyl (C=O) groups excluding carboxylic acids is 1. The number of halogens is 1. The second kappa shape index (κ2) is 7.80. The summed E-state index contributed by atoms with van der Waals surface area (Å²) >= 11 is 3.58. The lowest BCUT2D eigenvalue weighted by Crippen LogP contribution is -2.50. The van der Waals surface area contributed by atoms with Gasteiger partial charge in [-0.3, -0.25) is 0 Å². The van der Waals surface area contributed by atoms with Gasteiger partial charge in [-0.15, -0.1) is 0 Å². The largest absolute Gasteiger partial charge is 0.464 e. The highest BCUT2D eigenvalue weighted by atomic mass is 79.9. The molecule has 0 saturated carbocycles. The fraction of sp³-hybridized carbons (Fsp3) is 0.545. The van der Waals surface area contributed by atoms with Gasteiger partial charge in [0.05, 0.1) is 11.2 Å². The van der Waals surface area contributed by atoms with E-state index < -0.39 is 11.7 Å². The Morgan fingerprint density at radius 3 is 2.13 bits per heavy atom. The smallest absolute Gasteiger partial charge is 0.416 e. The molecule has 0 radical (unpaired) electrons. The lowest BCUT2D eigenvalue weighted by atomic mass is 9.92. The molecule has 1 saturated heterocycles. The number of carbonyl (C=O) groups is 2. The summed E-state index contributed by atoms with van der Waals surface area (Å²) in [6.07, 6.45) is -1.31. The third-order valence-electron chi connectivity index (χ3n) is 5.12. The molecular formula is C22H30BrN3O4. The highest BCUT2D eigenvalue weighted by Gasteiger charge is 2.30. The van der Waals surface area contributed by atoms with Crippen molar-refractivity contribution in [2.24, 2.45) is 0 Å². The molecule has 1 aromatic heterocycles. The molecule has 1 N–H and O–H groups in total. The zero-order valence-electron chi connectivity index (χ0n) is 18.5. The first kappa shape index (κ1) is 22.5. The van der Waals surface area contributed by atoms with E-state index in [1.54, 1.807) is 4.90 Å². The minimum Gasteiger partial charge on any atom is -0.464 e. The van der Waals surface area contributed by atoms with Crippen LogP contribution in [-0.4, -0.2) is 58.5 Å². The number of rotatable bonds is 1. The van der Waals surface area contributed by atoms with Gasteiger partial charge in [-0.05, 0) is 39.0 Å². The van der Waals surface area contributed by atoms with Crippen molar-refractivity contribution in [2.45, 2.75) is 52.6 Å². The first-order valence-electron chi connectivity index (χ1n) is 10.1. The zero-order chi connectivity index (χ0) is 22.4. The molecule has 2 aromatic rings. The average molecular weight is 480 g/mol. The third-order valence-corrected chi connectivity index (χ3v) is 5.81. The van der Waals surface area contributed by atoms with Gasteiger partial charge in [-0.2, -0.15) is 0 Å². The molecule has 1 aliphatic rings. The van der Waals surface area contributed by atoms with E-state index >= 15 is 0 Å². The molecule has 30 heavy (non-hydrogen) atoms. The summed E-state index contributed by atoms with van der Waals surface area (Å²) < 4.78 is 7.73. The number of carboxylic acid groups (broad SMARTS) is 1. The van der Waals surface area contributed by atoms with Crippen LogP contribution < -0.4 is 4.90 Å². The Morgan fingerprint density at radius 2 is 1.63 bits per heavy atom. The van der Waals surface area contributed by atoms with E-state index in [1.165, 1.54) is 4.57 Å². The number of benzene rings is 1. The van der Waals surface area contributed by atoms with Crippen molar-refractivity contribution >= 4 is 44.7 Å². The number of anilines is 1. The minimum atomic E-state index is -0.998. The van der Waals surface area contributed by atoms with E-state index in [1.807, 2.05) is 59.7 Å². The van der Waals surface area contributed by atoms with Gasteiger partial charge in [0.2, 0.25) is 0 Å². The number of hydrogen-bond donors (Lipinski definition) is 1. The van der Waals surface area contributed by atoms with Crippen LogP contribution in [0.25, 0.3) is 10.9 Å². The maximum atomic E-state index is 12.4. The van der Waals surface area contributed by atoms with E-state index in [0.717, 1.165) is 21.2 Å². The van der Waals surface area contributed by atoms with Gasteiger partial charge >= 0.3 is 12.2 Å². The van der Waals surface area contributed by atoms with Crippen LogP contribution in [0.15, 0.2) is 22.7 Å². The summed E-state index contributed by atoms with van der Waals surface area (Å²) in [5, 5.41) is 10.9. The SMILES string of the molecule is CC(C)(C)OC(=O)N1CCN(c2ccc(Br)c3cc(C(C)(C)C)n(C(=O)O)c23)CC1. The number of amides is 1. The molecule has 1 fully saturated rings. The Hall–Kier alpha value is -2.22. The molecule has 0 aliphatic carbocycles. The standard InChI is InChI=1S/C22H30BrN3O4/c1-21(2,3)17-13-14-15(23)7-8-16(18(14)26(17)19(27)28)24-9-11-25(12-10-24)20(29)30-22(4,5)6/h7-8,13H,9-12H2,1-6H3,(H,27,28). The van der Waals surface area contributed by atoms with Crippen molar-refractivity contribution < 1.29 is 19.4 Å². The predicted molar refractivity (Wildman–Crippen MR) is 122 cm³/mol. The fourth-order valence-electron chi connectivity index (χ4n) is 3.73. The van der Waals surface area contributed by atoms with Crippen LogP contribution in [0.5, 0.6) is 0 Å². The minimum absolute atomic E-state index is 0.313. The number of nitrogens with zero attached hydrogens (tertiary/aromatic N) is 3. The summed E-state index contributed by atoms with van der Waals surface area (Å²) in [7, 11) is 0. The molecule has 8 heteroatoms. The quantitative estimate of drug-likeness (QED) is 0.601. The Kier molecular flexibility index (Phi) is 5.84. The van der Waals surface area contributed by atoms with Gasteiger partial charge in [0.1, 0.15) is 5.60 Å². The van der Waals surface area contributed by atoms with Crippen LogP contribution in [0.4, 0.5) is 15.3 Å². The molecule has 164 valence electrons. The van der Waals surface area contributed by atoms with E-state index in [0.29, 0.717) is 31.7 Å². The van der Waals surface area contributed by atoms with E-state index in [4.69, 9.17) is 4.74 Å². The Bertz CT molecular complexity index is 977. The lowest BCUT2D eigenvalue weighted by Gasteiger charge is -2.37. The number of hydrogen-bond acceptors (Lipinski definition) is 4. The second-order valence-electron chi connectivity index (χ2n) is 9.68. The molecule has 3 rings (SSSR count). The van der Waals surface area contributed by atoms with Crippen LogP contribution in [0.2, 0.25) is 0 Å². The first-order chi connectivity index (χ1) is 13.8. The summed E-state index contributed by atoms with van der Waals surface area (Å²) in [6.45, 7) is 13.8. The van der Waals surface area contributed by atoms with Crippen LogP contribution >= 0.6 is 15.9 Å². The zero-order valence-corrected chi connectivity index (χ0v) is 20.0. The van der Waals surface area contributed by atoms with Crippen molar-refractivity contribution in [2.75, 3.05) is 31.1 Å². The Balaban J connectivity index is 1.96. The van der Waals surface area contributed by atoms with Crippen LogP contribution in [-0.2, 0) is 10.2 Å². The molecule has 0 unspecified atom stereocenters. The topological polar surface area (TPSA) is 75.0 Å². The monoisotopic (exact) mass is 479 g/mol. The molecule has 1 aromatic carbocycles. The molecule has 0 bridgehead atoms. The molecule has 0 spiro atoms. The van der Waals surface area contributed by atoms with Gasteiger partial charge in [0.15, 0.2) is 0 Å². The molecule has 0 atom stereocenters. The van der Waals surface area contributed by atoms with E-state index in [2.05, 4.69) is 20.8 Å². The lowest BCUT2D eigenvalue weighted by molar-refractivity contribution is 0.0240. The van der Waals surface area contributed by atoms with Crippen molar-refractivity contribution in [3.63, 3.8) is 0 Å². The Labute approximate surface area is 185 Å². The fourth-order valence-corrected chi connectivity index (χ4v) is 4.16.